The smallest absolute Gasteiger partial charge is 0.251 e. The van der Waals surface area contributed by atoms with Crippen LogP contribution in [0.3, 0.4) is 0 Å². The van der Waals surface area contributed by atoms with E-state index < -0.39 is 0 Å². The second-order valence-electron chi connectivity index (χ2n) is 5.34. The Hall–Kier alpha value is -1.99. The minimum Gasteiger partial charge on any atom is -0.368 e. The molecule has 7 heteroatoms. The summed E-state index contributed by atoms with van der Waals surface area (Å²) in [7, 11) is 0. The summed E-state index contributed by atoms with van der Waals surface area (Å²) >= 11 is 0. The number of hydrogen-bond acceptors (Lipinski definition) is 5. The molecule has 0 amide bonds. The van der Waals surface area contributed by atoms with E-state index in [0.717, 1.165) is 24.5 Å². The molecule has 2 N–H and O–H groups in total. The average Bonchev–Trinajstić information content (AvgIpc) is 2.84. The highest BCUT2D eigenvalue weighted by Gasteiger charge is 2.24. The minimum absolute atomic E-state index is 0.138. The molecule has 1 atom stereocenters. The van der Waals surface area contributed by atoms with Gasteiger partial charge in [0.2, 0.25) is 0 Å². The Bertz CT molecular complexity index is 678. The molecule has 1 fully saturated rings. The lowest BCUT2D eigenvalue weighted by atomic mass is 10.2. The monoisotopic (exact) mass is 289 g/mol. The molecule has 1 saturated heterocycles. The van der Waals surface area contributed by atoms with Crippen molar-refractivity contribution in [2.24, 2.45) is 0 Å². The summed E-state index contributed by atoms with van der Waals surface area (Å²) in [5, 5.41) is 0. The Morgan fingerprint density at radius 2 is 2.33 bits per heavy atom. The van der Waals surface area contributed by atoms with E-state index in [-0.39, 0.29) is 11.7 Å². The maximum atomic E-state index is 11.6. The van der Waals surface area contributed by atoms with Crippen LogP contribution in [0.5, 0.6) is 0 Å². The van der Waals surface area contributed by atoms with E-state index in [9.17, 15) is 4.79 Å². The Morgan fingerprint density at radius 1 is 1.48 bits per heavy atom. The van der Waals surface area contributed by atoms with Gasteiger partial charge in [-0.05, 0) is 13.8 Å². The SMILES string of the molecule is Cc1cc(=O)[nH]c([C@H]2CN(Cc3nc[nH]c3C)CCO2)n1. The third kappa shape index (κ3) is 3.20. The maximum absolute atomic E-state index is 11.6. The molecule has 0 saturated carbocycles. The number of aryl methyl sites for hydroxylation is 2. The summed E-state index contributed by atoms with van der Waals surface area (Å²) in [6, 6.07) is 1.48. The van der Waals surface area contributed by atoms with Crippen molar-refractivity contribution in [3.05, 3.63) is 45.7 Å². The van der Waals surface area contributed by atoms with Gasteiger partial charge in [0.05, 0.1) is 18.6 Å². The molecule has 7 nitrogen and oxygen atoms in total. The lowest BCUT2D eigenvalue weighted by molar-refractivity contribution is -0.0377. The van der Waals surface area contributed by atoms with Gasteiger partial charge < -0.3 is 14.7 Å². The fourth-order valence-electron chi connectivity index (χ4n) is 2.52. The fraction of sp³-hybridized carbons (Fsp3) is 0.500. The van der Waals surface area contributed by atoms with Crippen molar-refractivity contribution in [1.29, 1.82) is 0 Å². The van der Waals surface area contributed by atoms with Crippen molar-refractivity contribution >= 4 is 0 Å². The molecule has 0 radical (unpaired) electrons. The van der Waals surface area contributed by atoms with Gasteiger partial charge in [0.25, 0.3) is 5.56 Å². The summed E-state index contributed by atoms with van der Waals surface area (Å²) in [5.74, 6) is 0.600. The molecule has 0 aromatic carbocycles. The third-order valence-corrected chi connectivity index (χ3v) is 3.65. The first-order valence-corrected chi connectivity index (χ1v) is 7.02. The minimum atomic E-state index is -0.203. The van der Waals surface area contributed by atoms with Crippen LogP contribution in [-0.4, -0.2) is 44.5 Å². The van der Waals surface area contributed by atoms with E-state index in [2.05, 4.69) is 24.8 Å². The number of hydrogen-bond donors (Lipinski definition) is 2. The number of aromatic nitrogens is 4. The molecule has 1 aliphatic heterocycles. The van der Waals surface area contributed by atoms with E-state index in [1.54, 1.807) is 6.33 Å². The number of H-pyrrole nitrogens is 2. The number of ether oxygens (including phenoxy) is 1. The Morgan fingerprint density at radius 3 is 3.05 bits per heavy atom. The van der Waals surface area contributed by atoms with Crippen molar-refractivity contribution in [2.45, 2.75) is 26.5 Å². The van der Waals surface area contributed by atoms with Crippen molar-refractivity contribution in [3.63, 3.8) is 0 Å². The van der Waals surface area contributed by atoms with Crippen molar-refractivity contribution in [3.8, 4) is 0 Å². The quantitative estimate of drug-likeness (QED) is 0.868. The first-order chi connectivity index (χ1) is 10.1. The summed E-state index contributed by atoms with van der Waals surface area (Å²) in [6.07, 6.45) is 1.51. The van der Waals surface area contributed by atoms with Gasteiger partial charge in [-0.1, -0.05) is 0 Å². The standard InChI is InChI=1S/C14H19N5O2/c1-9-5-13(20)18-14(17-9)12-7-19(3-4-21-12)6-11-10(2)15-8-16-11/h5,8,12H,3-4,6-7H2,1-2H3,(H,15,16)(H,17,18,20)/t12-/m1/s1. The van der Waals surface area contributed by atoms with Crippen LogP contribution in [0, 0.1) is 13.8 Å². The zero-order chi connectivity index (χ0) is 14.8. The lowest BCUT2D eigenvalue weighted by Crippen LogP contribution is -2.39. The van der Waals surface area contributed by atoms with E-state index in [1.165, 1.54) is 6.07 Å². The predicted molar refractivity (Wildman–Crippen MR) is 76.9 cm³/mol. The lowest BCUT2D eigenvalue weighted by Gasteiger charge is -2.32. The molecule has 0 spiro atoms. The van der Waals surface area contributed by atoms with Crippen molar-refractivity contribution in [2.75, 3.05) is 19.7 Å². The summed E-state index contributed by atoms with van der Waals surface area (Å²) in [5.41, 5.74) is 2.69. The number of rotatable bonds is 3. The molecule has 0 bridgehead atoms. The number of aromatic amines is 2. The largest absolute Gasteiger partial charge is 0.368 e. The maximum Gasteiger partial charge on any atom is 0.251 e. The molecule has 3 heterocycles. The average molecular weight is 289 g/mol. The number of morpholine rings is 1. The fourth-order valence-corrected chi connectivity index (χ4v) is 2.52. The van der Waals surface area contributed by atoms with Crippen LogP contribution in [0.15, 0.2) is 17.2 Å². The normalized spacial score (nSPS) is 19.8. The highest BCUT2D eigenvalue weighted by atomic mass is 16.5. The molecular formula is C14H19N5O2. The van der Waals surface area contributed by atoms with Crippen molar-refractivity contribution in [1.82, 2.24) is 24.8 Å². The van der Waals surface area contributed by atoms with Crippen LogP contribution in [0.2, 0.25) is 0 Å². The van der Waals surface area contributed by atoms with Crippen LogP contribution in [0.25, 0.3) is 0 Å². The zero-order valence-electron chi connectivity index (χ0n) is 12.2. The molecule has 1 aliphatic rings. The van der Waals surface area contributed by atoms with Crippen LogP contribution in [-0.2, 0) is 11.3 Å². The zero-order valence-corrected chi connectivity index (χ0v) is 12.2. The molecule has 0 aliphatic carbocycles. The second kappa shape index (κ2) is 5.79. The molecule has 112 valence electrons. The van der Waals surface area contributed by atoms with E-state index in [4.69, 9.17) is 4.74 Å². The summed E-state index contributed by atoms with van der Waals surface area (Å²) in [6.45, 7) is 6.75. The highest BCUT2D eigenvalue weighted by molar-refractivity contribution is 5.09. The summed E-state index contributed by atoms with van der Waals surface area (Å²) < 4.78 is 5.75. The van der Waals surface area contributed by atoms with Crippen LogP contribution < -0.4 is 5.56 Å². The number of imidazole rings is 1. The van der Waals surface area contributed by atoms with Crippen LogP contribution in [0.4, 0.5) is 0 Å². The molecule has 0 unspecified atom stereocenters. The van der Waals surface area contributed by atoms with Crippen molar-refractivity contribution < 1.29 is 4.74 Å². The van der Waals surface area contributed by atoms with E-state index >= 15 is 0 Å². The van der Waals surface area contributed by atoms with Gasteiger partial charge in [0.15, 0.2) is 0 Å². The first kappa shape index (κ1) is 14.0. The molecule has 2 aromatic rings. The van der Waals surface area contributed by atoms with Gasteiger partial charge in [-0.25, -0.2) is 9.97 Å². The number of nitrogens with zero attached hydrogens (tertiary/aromatic N) is 3. The third-order valence-electron chi connectivity index (χ3n) is 3.65. The molecule has 3 rings (SSSR count). The van der Waals surface area contributed by atoms with Crippen LogP contribution >= 0.6 is 0 Å². The highest BCUT2D eigenvalue weighted by Crippen LogP contribution is 2.20. The Labute approximate surface area is 122 Å². The Balaban J connectivity index is 1.73. The summed E-state index contributed by atoms with van der Waals surface area (Å²) in [4.78, 5) is 28.4. The number of nitrogens with one attached hydrogen (secondary N) is 2. The van der Waals surface area contributed by atoms with Gasteiger partial charge in [-0.2, -0.15) is 0 Å². The molecular weight excluding hydrogens is 270 g/mol. The van der Waals surface area contributed by atoms with Crippen LogP contribution in [0.1, 0.15) is 29.0 Å². The second-order valence-corrected chi connectivity index (χ2v) is 5.34. The predicted octanol–water partition coefficient (Wildman–Crippen LogP) is 0.683. The first-order valence-electron chi connectivity index (χ1n) is 7.02. The van der Waals surface area contributed by atoms with Gasteiger partial charge in [0.1, 0.15) is 11.9 Å². The van der Waals surface area contributed by atoms with Gasteiger partial charge in [-0.3, -0.25) is 9.69 Å². The van der Waals surface area contributed by atoms with E-state index in [1.807, 2.05) is 13.8 Å². The van der Waals surface area contributed by atoms with Gasteiger partial charge in [-0.15, -0.1) is 0 Å². The van der Waals surface area contributed by atoms with E-state index in [0.29, 0.717) is 24.7 Å². The Kier molecular flexibility index (Phi) is 3.85. The van der Waals surface area contributed by atoms with Gasteiger partial charge in [0, 0.05) is 37.1 Å². The molecule has 2 aromatic heterocycles. The topological polar surface area (TPSA) is 86.9 Å². The van der Waals surface area contributed by atoms with Gasteiger partial charge >= 0.3 is 0 Å². The molecule has 21 heavy (non-hydrogen) atoms.